The summed E-state index contributed by atoms with van der Waals surface area (Å²) in [5, 5.41) is 14.1. The van der Waals surface area contributed by atoms with Crippen molar-refractivity contribution in [3.05, 3.63) is 24.3 Å². The second-order valence-electron chi connectivity index (χ2n) is 20.3. The number of unbranched alkanes of at least 4 members (excludes halogenated alkanes) is 34. The van der Waals surface area contributed by atoms with E-state index >= 15 is 0 Å². The first kappa shape index (κ1) is 63.0. The third kappa shape index (κ3) is 48.9. The van der Waals surface area contributed by atoms with E-state index in [9.17, 15) is 19.4 Å². The average Bonchev–Trinajstić information content (AvgIpc) is 3.25. The van der Waals surface area contributed by atoms with Crippen LogP contribution in [0.25, 0.3) is 0 Å². The van der Waals surface area contributed by atoms with Crippen molar-refractivity contribution < 1.29 is 32.9 Å². The first-order chi connectivity index (χ1) is 31.0. The number of hydrogen-bond donors (Lipinski definition) is 3. The Morgan fingerprint density at radius 2 is 0.891 bits per heavy atom. The maximum atomic E-state index is 13.0. The number of hydrogen-bond acceptors (Lipinski definition) is 5. The molecule has 0 bridgehead atoms. The van der Waals surface area contributed by atoms with E-state index in [1.54, 1.807) is 0 Å². The van der Waals surface area contributed by atoms with Gasteiger partial charge in [-0.2, -0.15) is 0 Å². The fraction of sp³-hybridized carbons (Fsp3) is 0.909. The molecule has 0 fully saturated rings. The number of nitrogens with one attached hydrogen (secondary N) is 1. The van der Waals surface area contributed by atoms with Crippen molar-refractivity contribution in [1.29, 1.82) is 0 Å². The van der Waals surface area contributed by atoms with Gasteiger partial charge in [-0.15, -0.1) is 0 Å². The van der Waals surface area contributed by atoms with Gasteiger partial charge in [-0.25, -0.2) is 4.57 Å². The molecule has 3 atom stereocenters. The Morgan fingerprint density at radius 1 is 0.531 bits per heavy atom. The number of aliphatic hydroxyl groups is 1. The second kappa shape index (κ2) is 47.1. The second-order valence-corrected chi connectivity index (χ2v) is 21.8. The van der Waals surface area contributed by atoms with Crippen LogP contribution in [0, 0.1) is 0 Å². The summed E-state index contributed by atoms with van der Waals surface area (Å²) in [6, 6.07) is -0.764. The number of phosphoric ester groups is 1. The average molecular weight is 926 g/mol. The summed E-state index contributed by atoms with van der Waals surface area (Å²) in [6.45, 7) is 4.91. The monoisotopic (exact) mass is 926 g/mol. The van der Waals surface area contributed by atoms with Crippen molar-refractivity contribution in [1.82, 2.24) is 5.32 Å². The minimum absolute atomic E-state index is 0.0740. The molecule has 0 saturated heterocycles. The van der Waals surface area contributed by atoms with Crippen LogP contribution in [0.3, 0.4) is 0 Å². The molecule has 8 nitrogen and oxygen atoms in total. The van der Waals surface area contributed by atoms with Crippen LogP contribution < -0.4 is 5.32 Å². The lowest BCUT2D eigenvalue weighted by molar-refractivity contribution is -0.870. The highest BCUT2D eigenvalue weighted by Gasteiger charge is 2.28. The Hall–Kier alpha value is -1.02. The minimum atomic E-state index is -4.32. The van der Waals surface area contributed by atoms with Gasteiger partial charge >= 0.3 is 7.82 Å². The number of likely N-dealkylation sites (N-methyl/N-ethyl adjacent to an activating group) is 1. The topological polar surface area (TPSA) is 105 Å². The summed E-state index contributed by atoms with van der Waals surface area (Å²) < 4.78 is 23.8. The number of allylic oxidation sites excluding steroid dienone is 4. The van der Waals surface area contributed by atoms with Gasteiger partial charge in [-0.3, -0.25) is 13.8 Å². The molecule has 0 aromatic rings. The van der Waals surface area contributed by atoms with Crippen LogP contribution in [0.1, 0.15) is 271 Å². The molecule has 0 heterocycles. The third-order valence-electron chi connectivity index (χ3n) is 12.7. The van der Waals surface area contributed by atoms with E-state index < -0.39 is 20.0 Å². The van der Waals surface area contributed by atoms with Gasteiger partial charge in [0.2, 0.25) is 5.91 Å². The van der Waals surface area contributed by atoms with E-state index in [1.165, 1.54) is 193 Å². The Labute approximate surface area is 398 Å². The van der Waals surface area contributed by atoms with E-state index in [2.05, 4.69) is 43.5 Å². The molecular formula is C55H110N2O6P+. The zero-order chi connectivity index (χ0) is 47.1. The fourth-order valence-corrected chi connectivity index (χ4v) is 9.05. The summed E-state index contributed by atoms with van der Waals surface area (Å²) in [6.07, 6.45) is 57.9. The lowest BCUT2D eigenvalue weighted by Crippen LogP contribution is -2.46. The highest BCUT2D eigenvalue weighted by Crippen LogP contribution is 2.43. The highest BCUT2D eigenvalue weighted by atomic mass is 31.2. The number of phosphoric acid groups is 1. The Bertz CT molecular complexity index is 1090. The normalized spacial score (nSPS) is 14.2. The fourth-order valence-electron chi connectivity index (χ4n) is 8.31. The van der Waals surface area contributed by atoms with Crippen LogP contribution in [-0.2, 0) is 18.4 Å². The number of quaternary nitrogens is 1. The quantitative estimate of drug-likeness (QED) is 0.0243. The lowest BCUT2D eigenvalue weighted by Gasteiger charge is -2.26. The number of nitrogens with zero attached hydrogens (tertiary/aromatic N) is 1. The van der Waals surface area contributed by atoms with Crippen molar-refractivity contribution >= 4 is 13.7 Å². The molecule has 0 aliphatic rings. The van der Waals surface area contributed by atoms with Crippen molar-refractivity contribution in [2.75, 3.05) is 40.9 Å². The van der Waals surface area contributed by atoms with Gasteiger partial charge < -0.3 is 19.8 Å². The van der Waals surface area contributed by atoms with Gasteiger partial charge in [0.05, 0.1) is 39.9 Å². The molecule has 0 aliphatic carbocycles. The third-order valence-corrected chi connectivity index (χ3v) is 13.7. The molecule has 0 saturated carbocycles. The van der Waals surface area contributed by atoms with Crippen molar-refractivity contribution in [2.24, 2.45) is 0 Å². The molecule has 3 unspecified atom stereocenters. The zero-order valence-corrected chi connectivity index (χ0v) is 44.2. The first-order valence-corrected chi connectivity index (χ1v) is 29.2. The molecule has 1 amide bonds. The van der Waals surface area contributed by atoms with E-state index in [0.29, 0.717) is 23.9 Å². The van der Waals surface area contributed by atoms with Crippen LogP contribution >= 0.6 is 7.82 Å². The molecule has 0 rings (SSSR count). The number of carbonyl (C=O) groups is 1. The van der Waals surface area contributed by atoms with E-state index in [0.717, 1.165) is 51.4 Å². The van der Waals surface area contributed by atoms with Crippen molar-refractivity contribution in [2.45, 2.75) is 283 Å². The number of carbonyl (C=O) groups excluding carboxylic acids is 1. The Kier molecular flexibility index (Phi) is 46.3. The summed E-state index contributed by atoms with van der Waals surface area (Å²) in [5.41, 5.74) is 0. The number of aliphatic hydroxyl groups excluding tert-OH is 1. The maximum Gasteiger partial charge on any atom is 0.472 e. The number of rotatable bonds is 51. The highest BCUT2D eigenvalue weighted by molar-refractivity contribution is 7.47. The van der Waals surface area contributed by atoms with Crippen LogP contribution in [0.2, 0.25) is 0 Å². The van der Waals surface area contributed by atoms with Gasteiger partial charge in [-0.1, -0.05) is 244 Å². The summed E-state index contributed by atoms with van der Waals surface area (Å²) in [7, 11) is 1.62. The first-order valence-electron chi connectivity index (χ1n) is 27.7. The molecule has 3 N–H and O–H groups in total. The molecule has 380 valence electrons. The summed E-state index contributed by atoms with van der Waals surface area (Å²) in [4.78, 5) is 23.3. The van der Waals surface area contributed by atoms with Crippen LogP contribution in [0.4, 0.5) is 0 Å². The molecule has 0 radical (unpaired) electrons. The standard InChI is InChI=1S/C55H109N2O6P/c1-6-8-10-12-14-16-18-20-22-24-26-27-28-29-31-33-35-37-39-41-43-45-47-49-55(59)56-53(52-63-64(60,61)62-51-50-57(3,4)5)54(58)48-46-44-42-40-38-36-34-32-30-25-23-21-19-17-15-13-11-9-7-2/h26-27,29,31,53-54,58H,6-25,28,30,32-52H2,1-5H3,(H-,56,59,60,61)/p+1/b27-26-,31-29-. The predicted molar refractivity (Wildman–Crippen MR) is 277 cm³/mol. The number of amides is 1. The summed E-state index contributed by atoms with van der Waals surface area (Å²) in [5.74, 6) is -0.148. The van der Waals surface area contributed by atoms with E-state index in [-0.39, 0.29) is 19.1 Å². The van der Waals surface area contributed by atoms with Crippen LogP contribution in [-0.4, -0.2) is 73.4 Å². The minimum Gasteiger partial charge on any atom is -0.391 e. The van der Waals surface area contributed by atoms with Gasteiger partial charge in [0.15, 0.2) is 0 Å². The molecule has 0 spiro atoms. The van der Waals surface area contributed by atoms with Gasteiger partial charge in [0.25, 0.3) is 0 Å². The SMILES string of the molecule is CCCCCCCCCCC/C=C\C/C=C\CCCCCCCCCC(=O)NC(COP(=O)(O)OCC[N+](C)(C)C)C(O)CCCCCCCCCCCCCCCCCCCCC. The van der Waals surface area contributed by atoms with Gasteiger partial charge in [-0.05, 0) is 44.9 Å². The Morgan fingerprint density at radius 3 is 1.28 bits per heavy atom. The van der Waals surface area contributed by atoms with Crippen molar-refractivity contribution in [3.63, 3.8) is 0 Å². The molecule has 0 aromatic heterocycles. The summed E-state index contributed by atoms with van der Waals surface area (Å²) >= 11 is 0. The van der Waals surface area contributed by atoms with Crippen LogP contribution in [0.5, 0.6) is 0 Å². The van der Waals surface area contributed by atoms with E-state index in [1.807, 2.05) is 21.1 Å². The zero-order valence-electron chi connectivity index (χ0n) is 43.3. The molecule has 0 aliphatic heterocycles. The molecule has 9 heteroatoms. The smallest absolute Gasteiger partial charge is 0.391 e. The predicted octanol–water partition coefficient (Wildman–Crippen LogP) is 16.4. The molecule has 64 heavy (non-hydrogen) atoms. The maximum absolute atomic E-state index is 13.0. The molecular weight excluding hydrogens is 816 g/mol. The van der Waals surface area contributed by atoms with Crippen LogP contribution in [0.15, 0.2) is 24.3 Å². The lowest BCUT2D eigenvalue weighted by atomic mass is 10.0. The van der Waals surface area contributed by atoms with Gasteiger partial charge in [0, 0.05) is 6.42 Å². The molecule has 0 aromatic carbocycles. The largest absolute Gasteiger partial charge is 0.472 e. The Balaban J connectivity index is 4.22. The van der Waals surface area contributed by atoms with Gasteiger partial charge in [0.1, 0.15) is 13.2 Å². The van der Waals surface area contributed by atoms with Crippen molar-refractivity contribution in [3.8, 4) is 0 Å². The van der Waals surface area contributed by atoms with E-state index in [4.69, 9.17) is 9.05 Å².